The van der Waals surface area contributed by atoms with E-state index in [1.807, 2.05) is 60.7 Å². The number of rotatable bonds is 9. The lowest BCUT2D eigenvalue weighted by atomic mass is 9.86. The van der Waals surface area contributed by atoms with Gasteiger partial charge in [0.1, 0.15) is 18.3 Å². The molecule has 0 aromatic heterocycles. The molecule has 1 fully saturated rings. The van der Waals surface area contributed by atoms with E-state index in [9.17, 15) is 5.11 Å². The Bertz CT molecular complexity index is 778. The maximum Gasteiger partial charge on any atom is 0.193 e. The van der Waals surface area contributed by atoms with E-state index in [2.05, 4.69) is 13.2 Å². The molecule has 3 rings (SSSR count). The fraction of sp³-hybridized carbons (Fsp3) is 0.333. The first-order valence-electron chi connectivity index (χ1n) is 9.60. The van der Waals surface area contributed by atoms with Crippen molar-refractivity contribution in [2.45, 2.75) is 43.4 Å². The van der Waals surface area contributed by atoms with E-state index in [0.29, 0.717) is 13.2 Å². The predicted molar refractivity (Wildman–Crippen MR) is 111 cm³/mol. The van der Waals surface area contributed by atoms with Crippen molar-refractivity contribution >= 4 is 0 Å². The molecule has 0 aliphatic carbocycles. The largest absolute Gasteiger partial charge is 0.378 e. The predicted octanol–water partition coefficient (Wildman–Crippen LogP) is 3.63. The summed E-state index contributed by atoms with van der Waals surface area (Å²) in [4.78, 5) is 0. The van der Waals surface area contributed by atoms with E-state index in [4.69, 9.17) is 18.9 Å². The third kappa shape index (κ3) is 4.83. The maximum atomic E-state index is 11.4. The molecular weight excluding hydrogens is 368 g/mol. The van der Waals surface area contributed by atoms with Crippen LogP contribution in [0, 0.1) is 0 Å². The lowest BCUT2D eigenvalue weighted by Crippen LogP contribution is -2.66. The smallest absolute Gasteiger partial charge is 0.193 e. The van der Waals surface area contributed by atoms with Crippen LogP contribution in [0.3, 0.4) is 0 Å². The van der Waals surface area contributed by atoms with Gasteiger partial charge in [-0.25, -0.2) is 0 Å². The minimum absolute atomic E-state index is 0.299. The van der Waals surface area contributed by atoms with Crippen LogP contribution in [0.25, 0.3) is 0 Å². The lowest BCUT2D eigenvalue weighted by molar-refractivity contribution is -0.324. The minimum Gasteiger partial charge on any atom is -0.378 e. The Morgan fingerprint density at radius 2 is 1.52 bits per heavy atom. The molecule has 0 spiro atoms. The van der Waals surface area contributed by atoms with Gasteiger partial charge in [-0.2, -0.15) is 0 Å². The minimum atomic E-state index is -1.59. The molecule has 1 aliphatic rings. The van der Waals surface area contributed by atoms with Gasteiger partial charge in [-0.1, -0.05) is 79.4 Å². The number of hydrogen-bond donors (Lipinski definition) is 1. The summed E-state index contributed by atoms with van der Waals surface area (Å²) in [7, 11) is 1.47. The average Bonchev–Trinajstić information content (AvgIpc) is 2.78. The highest BCUT2D eigenvalue weighted by Gasteiger charge is 2.55. The van der Waals surface area contributed by atoms with E-state index >= 15 is 0 Å². The highest BCUT2D eigenvalue weighted by Crippen LogP contribution is 2.36. The zero-order valence-corrected chi connectivity index (χ0v) is 16.6. The van der Waals surface area contributed by atoms with Crippen molar-refractivity contribution in [3.63, 3.8) is 0 Å². The molecular formula is C24H28O5. The van der Waals surface area contributed by atoms with Crippen LogP contribution in [0.2, 0.25) is 0 Å². The summed E-state index contributed by atoms with van der Waals surface area (Å²) < 4.78 is 23.7. The van der Waals surface area contributed by atoms with Gasteiger partial charge in [-0.3, -0.25) is 0 Å². The second kappa shape index (κ2) is 9.96. The fourth-order valence-corrected chi connectivity index (χ4v) is 3.48. The van der Waals surface area contributed by atoms with Crippen LogP contribution in [0.15, 0.2) is 86.0 Å². The first-order chi connectivity index (χ1) is 14.1. The number of methoxy groups -OCH3 is 1. The Morgan fingerprint density at radius 1 is 0.966 bits per heavy atom. The third-order valence-electron chi connectivity index (χ3n) is 5.07. The summed E-state index contributed by atoms with van der Waals surface area (Å²) in [6.45, 7) is 8.29. The molecule has 5 nitrogen and oxygen atoms in total. The average molecular weight is 396 g/mol. The Morgan fingerprint density at radius 3 is 2.00 bits per heavy atom. The van der Waals surface area contributed by atoms with Crippen LogP contribution >= 0.6 is 0 Å². The van der Waals surface area contributed by atoms with Crippen molar-refractivity contribution in [1.82, 2.24) is 0 Å². The number of benzene rings is 2. The fourth-order valence-electron chi connectivity index (χ4n) is 3.48. The van der Waals surface area contributed by atoms with Crippen LogP contribution in [0.5, 0.6) is 0 Å². The number of ether oxygens (including phenoxy) is 4. The molecule has 1 N–H and O–H groups in total. The third-order valence-corrected chi connectivity index (χ3v) is 5.07. The van der Waals surface area contributed by atoms with E-state index in [1.165, 1.54) is 13.2 Å². The van der Waals surface area contributed by atoms with Crippen molar-refractivity contribution in [2.75, 3.05) is 7.11 Å². The van der Waals surface area contributed by atoms with Crippen molar-refractivity contribution in [3.05, 3.63) is 97.1 Å². The lowest BCUT2D eigenvalue weighted by Gasteiger charge is -2.49. The molecule has 1 saturated heterocycles. The summed E-state index contributed by atoms with van der Waals surface area (Å²) in [5, 5.41) is 11.4. The van der Waals surface area contributed by atoms with Crippen LogP contribution in [-0.4, -0.2) is 42.4 Å². The van der Waals surface area contributed by atoms with Gasteiger partial charge in [0.2, 0.25) is 0 Å². The zero-order valence-electron chi connectivity index (χ0n) is 16.6. The molecule has 0 radical (unpaired) electrons. The highest BCUT2D eigenvalue weighted by molar-refractivity contribution is 5.17. The van der Waals surface area contributed by atoms with E-state index < -0.39 is 30.2 Å². The monoisotopic (exact) mass is 396 g/mol. The molecule has 2 aromatic rings. The molecule has 0 amide bonds. The molecule has 5 heteroatoms. The molecule has 154 valence electrons. The second-order valence-corrected chi connectivity index (χ2v) is 6.97. The van der Waals surface area contributed by atoms with Gasteiger partial charge in [0.25, 0.3) is 0 Å². The summed E-state index contributed by atoms with van der Waals surface area (Å²) in [6, 6.07) is 19.6. The summed E-state index contributed by atoms with van der Waals surface area (Å²) in [5.41, 5.74) is 0.397. The molecule has 5 atom stereocenters. The van der Waals surface area contributed by atoms with Gasteiger partial charge in [0.05, 0.1) is 13.2 Å². The highest BCUT2D eigenvalue weighted by atomic mass is 16.7. The summed E-state index contributed by atoms with van der Waals surface area (Å²) in [5.74, 6) is 0. The molecule has 0 bridgehead atoms. The Kier molecular flexibility index (Phi) is 7.36. The molecule has 2 aromatic carbocycles. The van der Waals surface area contributed by atoms with Crippen LogP contribution in [-0.2, 0) is 32.2 Å². The summed E-state index contributed by atoms with van der Waals surface area (Å²) >= 11 is 0. The van der Waals surface area contributed by atoms with E-state index in [1.54, 1.807) is 6.08 Å². The first kappa shape index (κ1) is 21.4. The van der Waals surface area contributed by atoms with Crippen LogP contribution < -0.4 is 0 Å². The van der Waals surface area contributed by atoms with Gasteiger partial charge in [-0.15, -0.1) is 6.58 Å². The summed E-state index contributed by atoms with van der Waals surface area (Å²) in [6.07, 6.45) is 0.180. The van der Waals surface area contributed by atoms with Crippen LogP contribution in [0.1, 0.15) is 11.1 Å². The van der Waals surface area contributed by atoms with Crippen molar-refractivity contribution in [3.8, 4) is 0 Å². The quantitative estimate of drug-likeness (QED) is 0.656. The SMILES string of the molecule is C=CC1O[C@H](OC)C(O)(C=C)C(OCc2ccccc2)[C@@H]1OCc1ccccc1. The standard InChI is InChI=1S/C24H28O5/c1-4-20-21(27-16-18-12-8-6-9-13-18)22(24(25,5-2)23(26-3)29-20)28-17-19-14-10-7-11-15-19/h4-15,20-23,25H,1-2,16-17H2,3H3/t20?,21-,22?,23+,24?/m1/s1. The zero-order chi connectivity index (χ0) is 20.7. The van der Waals surface area contributed by atoms with Gasteiger partial charge in [-0.05, 0) is 11.1 Å². The normalized spacial score (nSPS) is 29.3. The van der Waals surface area contributed by atoms with Gasteiger partial charge in [0, 0.05) is 7.11 Å². The Balaban J connectivity index is 1.86. The number of hydrogen-bond acceptors (Lipinski definition) is 5. The van der Waals surface area contributed by atoms with Gasteiger partial charge >= 0.3 is 0 Å². The van der Waals surface area contributed by atoms with Crippen LogP contribution in [0.4, 0.5) is 0 Å². The topological polar surface area (TPSA) is 57.2 Å². The number of aliphatic hydroxyl groups is 1. The molecule has 1 aliphatic heterocycles. The molecule has 3 unspecified atom stereocenters. The van der Waals surface area contributed by atoms with E-state index in [0.717, 1.165) is 11.1 Å². The molecule has 29 heavy (non-hydrogen) atoms. The maximum absolute atomic E-state index is 11.4. The Labute approximate surface area is 172 Å². The first-order valence-corrected chi connectivity index (χ1v) is 9.60. The van der Waals surface area contributed by atoms with Crippen molar-refractivity contribution in [2.24, 2.45) is 0 Å². The van der Waals surface area contributed by atoms with E-state index in [-0.39, 0.29) is 0 Å². The van der Waals surface area contributed by atoms with Gasteiger partial charge in [0.15, 0.2) is 11.9 Å². The molecule has 1 heterocycles. The van der Waals surface area contributed by atoms with Crippen molar-refractivity contribution < 1.29 is 24.1 Å². The van der Waals surface area contributed by atoms with Gasteiger partial charge < -0.3 is 24.1 Å². The Hall–Kier alpha value is -2.28. The molecule has 0 saturated carbocycles. The van der Waals surface area contributed by atoms with Crippen molar-refractivity contribution in [1.29, 1.82) is 0 Å². The second-order valence-electron chi connectivity index (χ2n) is 6.97.